The van der Waals surface area contributed by atoms with Crippen molar-refractivity contribution in [2.75, 3.05) is 5.73 Å². The van der Waals surface area contributed by atoms with Crippen molar-refractivity contribution in [1.29, 1.82) is 0 Å². The number of nitro benzene ring substituents is 1. The van der Waals surface area contributed by atoms with Crippen molar-refractivity contribution in [3.8, 4) is 0 Å². The van der Waals surface area contributed by atoms with E-state index in [2.05, 4.69) is 21.0 Å². The largest absolute Gasteiger partial charge is 0.383 e. The molecule has 19 heavy (non-hydrogen) atoms. The molecule has 2 rings (SSSR count). The van der Waals surface area contributed by atoms with Crippen LogP contribution in [-0.2, 0) is 6.54 Å². The molecule has 2 aromatic rings. The van der Waals surface area contributed by atoms with Crippen LogP contribution in [0.15, 0.2) is 22.7 Å². The Kier molecular flexibility index (Phi) is 3.77. The Hall–Kier alpha value is -1.60. The zero-order valence-electron chi connectivity index (χ0n) is 9.93. The van der Waals surface area contributed by atoms with E-state index in [1.807, 2.05) is 0 Å². The van der Waals surface area contributed by atoms with Gasteiger partial charge in [0.15, 0.2) is 0 Å². The fraction of sp³-hybridized carbons (Fsp3) is 0.182. The lowest BCUT2D eigenvalue weighted by Gasteiger charge is -2.05. The Morgan fingerprint density at radius 2 is 2.26 bits per heavy atom. The Morgan fingerprint density at radius 1 is 1.58 bits per heavy atom. The molecule has 0 saturated heterocycles. The highest BCUT2D eigenvalue weighted by molar-refractivity contribution is 9.10. The third kappa shape index (κ3) is 2.71. The van der Waals surface area contributed by atoms with Crippen LogP contribution in [0.4, 0.5) is 11.5 Å². The number of nitrogen functional groups attached to an aromatic ring is 1. The minimum Gasteiger partial charge on any atom is -0.383 e. The first kappa shape index (κ1) is 13.8. The van der Waals surface area contributed by atoms with Gasteiger partial charge in [0.05, 0.1) is 22.7 Å². The molecule has 100 valence electrons. The number of nitrogens with two attached hydrogens (primary N) is 1. The molecule has 0 bridgehead atoms. The van der Waals surface area contributed by atoms with Gasteiger partial charge < -0.3 is 5.73 Å². The number of nitrogens with zero attached hydrogens (tertiary/aromatic N) is 3. The van der Waals surface area contributed by atoms with E-state index < -0.39 is 4.92 Å². The predicted molar refractivity (Wildman–Crippen MR) is 76.3 cm³/mol. The summed E-state index contributed by atoms with van der Waals surface area (Å²) in [5.41, 5.74) is 6.92. The number of benzene rings is 1. The molecule has 1 aromatic heterocycles. The maximum Gasteiger partial charge on any atom is 0.275 e. The summed E-state index contributed by atoms with van der Waals surface area (Å²) in [5.74, 6) is 0.302. The number of nitro groups is 1. The van der Waals surface area contributed by atoms with Crippen LogP contribution in [0.3, 0.4) is 0 Å². The van der Waals surface area contributed by atoms with Gasteiger partial charge in [0.25, 0.3) is 5.69 Å². The average Bonchev–Trinajstić information content (AvgIpc) is 2.59. The third-order valence-corrected chi connectivity index (χ3v) is 3.62. The van der Waals surface area contributed by atoms with Gasteiger partial charge in [0.2, 0.25) is 0 Å². The van der Waals surface area contributed by atoms with Crippen molar-refractivity contribution < 1.29 is 4.92 Å². The van der Waals surface area contributed by atoms with E-state index in [1.165, 1.54) is 10.7 Å². The zero-order chi connectivity index (χ0) is 14.2. The van der Waals surface area contributed by atoms with Crippen molar-refractivity contribution in [3.05, 3.63) is 49.1 Å². The molecule has 0 amide bonds. The first-order valence-electron chi connectivity index (χ1n) is 5.31. The summed E-state index contributed by atoms with van der Waals surface area (Å²) in [7, 11) is 0. The van der Waals surface area contributed by atoms with E-state index in [9.17, 15) is 10.1 Å². The smallest absolute Gasteiger partial charge is 0.275 e. The second-order valence-electron chi connectivity index (χ2n) is 3.97. The summed E-state index contributed by atoms with van der Waals surface area (Å²) in [5, 5.41) is 15.5. The van der Waals surface area contributed by atoms with Crippen LogP contribution in [-0.4, -0.2) is 14.7 Å². The molecule has 0 atom stereocenters. The van der Waals surface area contributed by atoms with E-state index in [4.69, 9.17) is 17.3 Å². The fourth-order valence-corrected chi connectivity index (χ4v) is 2.18. The molecular weight excluding hydrogens is 336 g/mol. The molecule has 0 spiro atoms. The Morgan fingerprint density at radius 3 is 2.79 bits per heavy atom. The summed E-state index contributed by atoms with van der Waals surface area (Å²) in [6.45, 7) is 1.92. The molecular formula is C11H10BrClN4O2. The van der Waals surface area contributed by atoms with E-state index in [0.29, 0.717) is 26.6 Å². The van der Waals surface area contributed by atoms with Crippen LogP contribution in [0, 0.1) is 17.0 Å². The minimum absolute atomic E-state index is 0.0121. The lowest BCUT2D eigenvalue weighted by molar-refractivity contribution is -0.385. The highest BCUT2D eigenvalue weighted by Crippen LogP contribution is 2.27. The van der Waals surface area contributed by atoms with Gasteiger partial charge in [0.1, 0.15) is 10.8 Å². The molecule has 6 nitrogen and oxygen atoms in total. The van der Waals surface area contributed by atoms with Crippen molar-refractivity contribution in [2.24, 2.45) is 0 Å². The fourth-order valence-electron chi connectivity index (χ4n) is 1.70. The van der Waals surface area contributed by atoms with E-state index in [-0.39, 0.29) is 12.2 Å². The highest BCUT2D eigenvalue weighted by atomic mass is 79.9. The van der Waals surface area contributed by atoms with Gasteiger partial charge in [-0.05, 0) is 19.1 Å². The Labute approximate surface area is 122 Å². The van der Waals surface area contributed by atoms with E-state index in [1.54, 1.807) is 19.1 Å². The molecule has 2 N–H and O–H groups in total. The maximum absolute atomic E-state index is 11.0. The van der Waals surface area contributed by atoms with Crippen LogP contribution in [0.5, 0.6) is 0 Å². The van der Waals surface area contributed by atoms with Crippen molar-refractivity contribution in [3.63, 3.8) is 0 Å². The number of anilines is 1. The molecule has 0 aliphatic carbocycles. The van der Waals surface area contributed by atoms with E-state index >= 15 is 0 Å². The average molecular weight is 346 g/mol. The van der Waals surface area contributed by atoms with Crippen molar-refractivity contribution in [1.82, 2.24) is 9.78 Å². The number of halogens is 2. The normalized spacial score (nSPS) is 10.7. The summed E-state index contributed by atoms with van der Waals surface area (Å²) >= 11 is 9.15. The minimum atomic E-state index is -0.436. The lowest BCUT2D eigenvalue weighted by atomic mass is 10.2. The first-order chi connectivity index (χ1) is 8.90. The molecule has 0 saturated carbocycles. The Bertz CT molecular complexity index is 656. The van der Waals surface area contributed by atoms with Crippen molar-refractivity contribution >= 4 is 39.0 Å². The van der Waals surface area contributed by atoms with Gasteiger partial charge >= 0.3 is 0 Å². The van der Waals surface area contributed by atoms with Crippen LogP contribution in [0.25, 0.3) is 0 Å². The zero-order valence-corrected chi connectivity index (χ0v) is 12.3. The van der Waals surface area contributed by atoms with Crippen LogP contribution in [0.1, 0.15) is 11.3 Å². The van der Waals surface area contributed by atoms with Crippen LogP contribution >= 0.6 is 27.5 Å². The van der Waals surface area contributed by atoms with Gasteiger partial charge in [-0.1, -0.05) is 27.5 Å². The lowest BCUT2D eigenvalue weighted by Crippen LogP contribution is -2.08. The third-order valence-electron chi connectivity index (χ3n) is 2.66. The molecule has 0 aliphatic heterocycles. The number of hydrogen-bond donors (Lipinski definition) is 1. The predicted octanol–water partition coefficient (Wildman–Crippen LogP) is 3.15. The first-order valence-corrected chi connectivity index (χ1v) is 6.48. The molecule has 8 heteroatoms. The molecule has 1 aromatic carbocycles. The van der Waals surface area contributed by atoms with Gasteiger partial charge in [0, 0.05) is 10.5 Å². The second kappa shape index (κ2) is 5.18. The van der Waals surface area contributed by atoms with Gasteiger partial charge in [-0.15, -0.1) is 0 Å². The van der Waals surface area contributed by atoms with Gasteiger partial charge in [-0.2, -0.15) is 5.10 Å². The van der Waals surface area contributed by atoms with Crippen LogP contribution < -0.4 is 5.73 Å². The molecule has 0 radical (unpaired) electrons. The second-order valence-corrected chi connectivity index (χ2v) is 5.27. The number of aryl methyl sites for hydroxylation is 1. The molecule has 0 aliphatic rings. The summed E-state index contributed by atoms with van der Waals surface area (Å²) in [6, 6.07) is 4.84. The van der Waals surface area contributed by atoms with Gasteiger partial charge in [-0.3, -0.25) is 10.1 Å². The van der Waals surface area contributed by atoms with Gasteiger partial charge in [-0.25, -0.2) is 4.68 Å². The summed E-state index contributed by atoms with van der Waals surface area (Å²) in [6.07, 6.45) is 0. The van der Waals surface area contributed by atoms with Crippen molar-refractivity contribution in [2.45, 2.75) is 13.5 Å². The quantitative estimate of drug-likeness (QED) is 0.684. The molecule has 0 unspecified atom stereocenters. The number of aromatic nitrogens is 2. The molecule has 1 heterocycles. The standard InChI is InChI=1S/C11H10BrClN4O2/c1-6-10(13)11(14)16(15-6)5-7-2-3-8(12)4-9(7)17(18)19/h2-4H,5,14H2,1H3. The summed E-state index contributed by atoms with van der Waals surface area (Å²) in [4.78, 5) is 10.6. The SMILES string of the molecule is Cc1nn(Cc2ccc(Br)cc2[N+](=O)[O-])c(N)c1Cl. The maximum atomic E-state index is 11.0. The van der Waals surface area contributed by atoms with E-state index in [0.717, 1.165) is 0 Å². The molecule has 0 fully saturated rings. The van der Waals surface area contributed by atoms with Crippen LogP contribution in [0.2, 0.25) is 5.02 Å². The summed E-state index contributed by atoms with van der Waals surface area (Å²) < 4.78 is 2.10. The number of hydrogen-bond acceptors (Lipinski definition) is 4. The number of rotatable bonds is 3. The highest BCUT2D eigenvalue weighted by Gasteiger charge is 2.17. The Balaban J connectivity index is 2.43. The topological polar surface area (TPSA) is 87.0 Å². The monoisotopic (exact) mass is 344 g/mol.